The zero-order chi connectivity index (χ0) is 17.8. The molecule has 1 aromatic heterocycles. The minimum absolute atomic E-state index is 0.0860. The second-order valence-electron chi connectivity index (χ2n) is 4.43. The number of ether oxygens (including phenoxy) is 2. The summed E-state index contributed by atoms with van der Waals surface area (Å²) in [6.07, 6.45) is 0. The molecule has 0 amide bonds. The second-order valence-corrected chi connectivity index (χ2v) is 6.71. The lowest BCUT2D eigenvalue weighted by molar-refractivity contribution is 0.0473. The SMILES string of the molecule is CCOC(=O)c1nc(C(Cl)(Cl)Cl)nc(N(C)C)c1C(=O)OCC. The third kappa shape index (κ3) is 4.83. The number of hydrogen-bond donors (Lipinski definition) is 0. The Labute approximate surface area is 148 Å². The van der Waals surface area contributed by atoms with Gasteiger partial charge in [-0.3, -0.25) is 0 Å². The molecule has 23 heavy (non-hydrogen) atoms. The van der Waals surface area contributed by atoms with Gasteiger partial charge in [0.25, 0.3) is 0 Å². The molecule has 0 saturated heterocycles. The molecule has 0 spiro atoms. The number of alkyl halides is 3. The van der Waals surface area contributed by atoms with E-state index in [0.717, 1.165) is 0 Å². The van der Waals surface area contributed by atoms with E-state index < -0.39 is 15.7 Å². The van der Waals surface area contributed by atoms with Gasteiger partial charge in [0.05, 0.1) is 13.2 Å². The summed E-state index contributed by atoms with van der Waals surface area (Å²) in [6.45, 7) is 3.45. The molecule has 10 heteroatoms. The first-order valence-electron chi connectivity index (χ1n) is 6.64. The molecule has 0 radical (unpaired) electrons. The zero-order valence-corrected chi connectivity index (χ0v) is 15.3. The van der Waals surface area contributed by atoms with Crippen molar-refractivity contribution >= 4 is 52.6 Å². The molecule has 1 rings (SSSR count). The van der Waals surface area contributed by atoms with E-state index >= 15 is 0 Å². The summed E-state index contributed by atoms with van der Waals surface area (Å²) in [4.78, 5) is 33.8. The highest BCUT2D eigenvalue weighted by Gasteiger charge is 2.34. The largest absolute Gasteiger partial charge is 0.462 e. The standard InChI is InChI=1S/C13H16Cl3N3O4/c1-5-22-10(20)7-8(11(21)23-6-2)17-12(13(14,15)16)18-9(7)19(3)4/h5-6H2,1-4H3. The Kier molecular flexibility index (Phi) is 6.85. The summed E-state index contributed by atoms with van der Waals surface area (Å²) in [5, 5.41) is 0. The highest BCUT2D eigenvalue weighted by molar-refractivity contribution is 6.66. The van der Waals surface area contributed by atoms with Gasteiger partial charge < -0.3 is 14.4 Å². The molecule has 0 aromatic carbocycles. The first-order chi connectivity index (χ1) is 10.6. The van der Waals surface area contributed by atoms with Crippen molar-refractivity contribution in [3.63, 3.8) is 0 Å². The minimum Gasteiger partial charge on any atom is -0.462 e. The van der Waals surface area contributed by atoms with Crippen molar-refractivity contribution in [3.8, 4) is 0 Å². The van der Waals surface area contributed by atoms with Crippen LogP contribution in [-0.2, 0) is 13.3 Å². The van der Waals surface area contributed by atoms with Crippen molar-refractivity contribution in [2.45, 2.75) is 17.6 Å². The summed E-state index contributed by atoms with van der Waals surface area (Å²) >= 11 is 17.4. The number of aromatic nitrogens is 2. The van der Waals surface area contributed by atoms with Gasteiger partial charge in [0.15, 0.2) is 11.5 Å². The number of esters is 2. The monoisotopic (exact) mass is 383 g/mol. The van der Waals surface area contributed by atoms with Crippen molar-refractivity contribution in [2.24, 2.45) is 0 Å². The van der Waals surface area contributed by atoms with Crippen molar-refractivity contribution in [1.29, 1.82) is 0 Å². The Morgan fingerprint density at radius 2 is 1.57 bits per heavy atom. The second kappa shape index (κ2) is 7.99. The molecule has 0 unspecified atom stereocenters. The summed E-state index contributed by atoms with van der Waals surface area (Å²) in [7, 11) is 3.23. The first-order valence-corrected chi connectivity index (χ1v) is 7.77. The molecule has 1 aromatic rings. The fraction of sp³-hybridized carbons (Fsp3) is 0.538. The Morgan fingerprint density at radius 3 is 2.00 bits per heavy atom. The van der Waals surface area contributed by atoms with E-state index in [1.807, 2.05) is 0 Å². The van der Waals surface area contributed by atoms with E-state index in [9.17, 15) is 9.59 Å². The van der Waals surface area contributed by atoms with Crippen LogP contribution in [-0.4, -0.2) is 49.2 Å². The number of halogens is 3. The predicted octanol–water partition coefficient (Wildman–Crippen LogP) is 2.72. The lowest BCUT2D eigenvalue weighted by Crippen LogP contribution is -2.26. The molecule has 0 N–H and O–H groups in total. The molecule has 0 fully saturated rings. The van der Waals surface area contributed by atoms with Gasteiger partial charge in [0.1, 0.15) is 11.4 Å². The fourth-order valence-corrected chi connectivity index (χ4v) is 1.89. The number of anilines is 1. The van der Waals surface area contributed by atoms with Crippen LogP contribution >= 0.6 is 34.8 Å². The van der Waals surface area contributed by atoms with Crippen molar-refractivity contribution in [1.82, 2.24) is 9.97 Å². The van der Waals surface area contributed by atoms with Crippen LogP contribution < -0.4 is 4.90 Å². The smallest absolute Gasteiger partial charge is 0.358 e. The van der Waals surface area contributed by atoms with Gasteiger partial charge in [0.2, 0.25) is 3.79 Å². The van der Waals surface area contributed by atoms with E-state index in [-0.39, 0.29) is 36.1 Å². The van der Waals surface area contributed by atoms with E-state index in [1.165, 1.54) is 4.90 Å². The number of carbonyl (C=O) groups is 2. The summed E-state index contributed by atoms with van der Waals surface area (Å²) < 4.78 is 7.90. The highest BCUT2D eigenvalue weighted by Crippen LogP contribution is 2.37. The third-order valence-corrected chi connectivity index (χ3v) is 3.02. The number of hydrogen-bond acceptors (Lipinski definition) is 7. The van der Waals surface area contributed by atoms with Crippen LogP contribution in [0.5, 0.6) is 0 Å². The summed E-state index contributed by atoms with van der Waals surface area (Å²) in [5.41, 5.74) is -0.460. The van der Waals surface area contributed by atoms with E-state index in [0.29, 0.717) is 0 Å². The normalized spacial score (nSPS) is 11.1. The van der Waals surface area contributed by atoms with Gasteiger partial charge in [-0.25, -0.2) is 19.6 Å². The number of nitrogens with zero attached hydrogens (tertiary/aromatic N) is 3. The topological polar surface area (TPSA) is 81.6 Å². The number of rotatable bonds is 5. The van der Waals surface area contributed by atoms with Crippen LogP contribution in [0.2, 0.25) is 0 Å². The Morgan fingerprint density at radius 1 is 1.04 bits per heavy atom. The number of carbonyl (C=O) groups excluding carboxylic acids is 2. The van der Waals surface area contributed by atoms with E-state index in [2.05, 4.69) is 9.97 Å². The van der Waals surface area contributed by atoms with Gasteiger partial charge in [-0.2, -0.15) is 0 Å². The van der Waals surface area contributed by atoms with Crippen LogP contribution in [0.3, 0.4) is 0 Å². The third-order valence-electron chi connectivity index (χ3n) is 2.52. The van der Waals surface area contributed by atoms with E-state index in [1.54, 1.807) is 27.9 Å². The average Bonchev–Trinajstić information content (AvgIpc) is 2.45. The van der Waals surface area contributed by atoms with Crippen LogP contribution in [0.1, 0.15) is 40.5 Å². The zero-order valence-electron chi connectivity index (χ0n) is 13.0. The van der Waals surface area contributed by atoms with Gasteiger partial charge in [-0.15, -0.1) is 0 Å². The Bertz CT molecular complexity index is 603. The van der Waals surface area contributed by atoms with Crippen molar-refractivity contribution in [2.75, 3.05) is 32.2 Å². The fourth-order valence-electron chi connectivity index (χ4n) is 1.64. The Hall–Kier alpha value is -1.31. The van der Waals surface area contributed by atoms with Gasteiger partial charge in [-0.1, -0.05) is 34.8 Å². The van der Waals surface area contributed by atoms with Crippen LogP contribution in [0.4, 0.5) is 5.82 Å². The molecule has 7 nitrogen and oxygen atoms in total. The van der Waals surface area contributed by atoms with Gasteiger partial charge in [0, 0.05) is 14.1 Å². The molecule has 0 aliphatic rings. The average molecular weight is 385 g/mol. The molecule has 1 heterocycles. The van der Waals surface area contributed by atoms with Gasteiger partial charge in [-0.05, 0) is 13.8 Å². The maximum absolute atomic E-state index is 12.2. The molecule has 0 aliphatic carbocycles. The highest BCUT2D eigenvalue weighted by atomic mass is 35.6. The molecule has 0 atom stereocenters. The quantitative estimate of drug-likeness (QED) is 0.570. The molecule has 128 valence electrons. The molecule has 0 saturated carbocycles. The first kappa shape index (κ1) is 19.7. The van der Waals surface area contributed by atoms with Crippen LogP contribution in [0.15, 0.2) is 0 Å². The van der Waals surface area contributed by atoms with Crippen LogP contribution in [0, 0.1) is 0 Å². The van der Waals surface area contributed by atoms with Crippen molar-refractivity contribution < 1.29 is 19.1 Å². The molecular weight excluding hydrogens is 369 g/mol. The molecular formula is C13H16Cl3N3O4. The van der Waals surface area contributed by atoms with Crippen LogP contribution in [0.25, 0.3) is 0 Å². The lowest BCUT2D eigenvalue weighted by atomic mass is 10.2. The lowest BCUT2D eigenvalue weighted by Gasteiger charge is -2.20. The Balaban J connectivity index is 3.67. The van der Waals surface area contributed by atoms with E-state index in [4.69, 9.17) is 44.3 Å². The summed E-state index contributed by atoms with van der Waals surface area (Å²) in [6, 6.07) is 0. The molecule has 0 bridgehead atoms. The maximum atomic E-state index is 12.2. The predicted molar refractivity (Wildman–Crippen MR) is 87.5 cm³/mol. The molecule has 0 aliphatic heterocycles. The summed E-state index contributed by atoms with van der Waals surface area (Å²) in [5.74, 6) is -1.77. The van der Waals surface area contributed by atoms with Gasteiger partial charge >= 0.3 is 11.9 Å². The maximum Gasteiger partial charge on any atom is 0.358 e. The van der Waals surface area contributed by atoms with Crippen molar-refractivity contribution in [3.05, 3.63) is 17.1 Å². The minimum atomic E-state index is -1.97.